The van der Waals surface area contributed by atoms with Crippen LogP contribution in [0.5, 0.6) is 0 Å². The van der Waals surface area contributed by atoms with Gasteiger partial charge in [0.05, 0.1) is 36.7 Å². The molecule has 15 nitrogen and oxygen atoms in total. The molecule has 41 heavy (non-hydrogen) atoms. The van der Waals surface area contributed by atoms with Crippen molar-refractivity contribution in [2.75, 3.05) is 13.6 Å². The quantitative estimate of drug-likeness (QED) is 0.142. The molecule has 8 N–H and O–H groups in total. The maximum Gasteiger partial charge on any atom is 0.336 e. The highest BCUT2D eigenvalue weighted by atomic mass is 16.4. The molecule has 0 saturated carbocycles. The Morgan fingerprint density at radius 1 is 0.951 bits per heavy atom. The summed E-state index contributed by atoms with van der Waals surface area (Å²) in [5.41, 5.74) is 5.31. The lowest BCUT2D eigenvalue weighted by Gasteiger charge is -2.18. The van der Waals surface area contributed by atoms with E-state index in [-0.39, 0.29) is 12.2 Å². The van der Waals surface area contributed by atoms with Crippen LogP contribution >= 0.6 is 0 Å². The second-order valence-corrected chi connectivity index (χ2v) is 8.94. The highest BCUT2D eigenvalue weighted by Crippen LogP contribution is 2.26. The number of likely N-dealkylation sites (N-methyl/N-ethyl adjacent to an activating group) is 1. The van der Waals surface area contributed by atoms with Crippen LogP contribution in [0.3, 0.4) is 0 Å². The molecule has 3 aromatic rings. The third-order valence-electron chi connectivity index (χ3n) is 5.55. The van der Waals surface area contributed by atoms with Crippen LogP contribution in [-0.2, 0) is 25.7 Å². The molecule has 3 rings (SSSR count). The van der Waals surface area contributed by atoms with Crippen LogP contribution in [0.25, 0.3) is 21.9 Å². The third-order valence-corrected chi connectivity index (χ3v) is 5.55. The zero-order chi connectivity index (χ0) is 31.2. The number of amides is 1. The number of carbonyl (C=O) groups excluding carboxylic acids is 1. The van der Waals surface area contributed by atoms with Crippen molar-refractivity contribution < 1.29 is 49.5 Å². The van der Waals surface area contributed by atoms with Gasteiger partial charge in [-0.15, -0.1) is 0 Å². The molecule has 0 spiro atoms. The summed E-state index contributed by atoms with van der Waals surface area (Å²) in [5.74, 6) is -6.38. The van der Waals surface area contributed by atoms with Crippen molar-refractivity contribution >= 4 is 51.7 Å². The number of primary amides is 1. The molecule has 1 amide bonds. The number of unbranched alkanes of at least 4 members (excludes halogenated alkanes) is 3. The highest BCUT2D eigenvalue weighted by Gasteiger charge is 2.40. The number of nitrogens with two attached hydrogens (primary N) is 1. The smallest absolute Gasteiger partial charge is 0.336 e. The fourth-order valence-electron chi connectivity index (χ4n) is 3.70. The summed E-state index contributed by atoms with van der Waals surface area (Å²) in [7, 11) is 1.59. The average Bonchev–Trinajstić information content (AvgIpc) is 3.30. The fourth-order valence-corrected chi connectivity index (χ4v) is 3.70. The third kappa shape index (κ3) is 10.8. The number of carboxylic acids is 4. The van der Waals surface area contributed by atoms with Crippen molar-refractivity contribution in [3.63, 3.8) is 0 Å². The zero-order valence-corrected chi connectivity index (χ0v) is 22.7. The Balaban J connectivity index is 0.000000376. The molecule has 2 heterocycles. The summed E-state index contributed by atoms with van der Waals surface area (Å²) in [5, 5.41) is 45.1. The number of benzene rings is 1. The fraction of sp³-hybridized carbons (Fsp3) is 0.423. The van der Waals surface area contributed by atoms with Gasteiger partial charge in [-0.1, -0.05) is 44.4 Å². The van der Waals surface area contributed by atoms with E-state index in [4.69, 9.17) is 31.3 Å². The summed E-state index contributed by atoms with van der Waals surface area (Å²) in [6.45, 7) is 3.13. The standard InChI is InChI=1S/C17H20N4O.C6H8O7.C3H7NO2/c1-2-3-4-7-10-21-11-19-14-15(17(18)22)20-13-9-6-5-8-12(13)16(14)21;7-3(8)1-6(13,5(11)12)2-4(9)10;1-4-2-3(5)6/h5-6,8-9,11H,2-4,7,10H2,1H3,(H2,18,22);13H,1-2H2,(H,7,8)(H,9,10)(H,11,12);4H,2H2,1H3,(H,5,6). The van der Waals surface area contributed by atoms with E-state index in [2.05, 4.69) is 26.8 Å². The lowest BCUT2D eigenvalue weighted by Crippen LogP contribution is -2.42. The number of imidazole rings is 1. The second-order valence-electron chi connectivity index (χ2n) is 8.94. The molecule has 2 aromatic heterocycles. The maximum atomic E-state index is 11.7. The molecule has 224 valence electrons. The van der Waals surface area contributed by atoms with Gasteiger partial charge in [-0.3, -0.25) is 19.2 Å². The summed E-state index contributed by atoms with van der Waals surface area (Å²) >= 11 is 0. The molecule has 0 radical (unpaired) electrons. The van der Waals surface area contributed by atoms with Gasteiger partial charge < -0.3 is 41.2 Å². The molecule has 0 atom stereocenters. The first-order valence-corrected chi connectivity index (χ1v) is 12.6. The molecular formula is C26H35N5O10. The van der Waals surface area contributed by atoms with Crippen LogP contribution in [0.1, 0.15) is 55.9 Å². The number of hydrogen-bond donors (Lipinski definition) is 7. The van der Waals surface area contributed by atoms with Gasteiger partial charge >= 0.3 is 23.9 Å². The SMILES string of the molecule is CCCCCCn1cnc2c(C(N)=O)nc3ccccc3c21.CNCC(=O)O.O=C(O)CC(O)(CC(=O)O)C(=O)O. The van der Waals surface area contributed by atoms with Crippen molar-refractivity contribution in [1.82, 2.24) is 19.9 Å². The largest absolute Gasteiger partial charge is 0.481 e. The molecule has 0 unspecified atom stereocenters. The summed E-state index contributed by atoms with van der Waals surface area (Å²) in [6, 6.07) is 7.80. The lowest BCUT2D eigenvalue weighted by molar-refractivity contribution is -0.170. The molecule has 0 bridgehead atoms. The van der Waals surface area contributed by atoms with Gasteiger partial charge in [0.25, 0.3) is 5.91 Å². The van der Waals surface area contributed by atoms with Crippen molar-refractivity contribution in [2.24, 2.45) is 5.73 Å². The first kappa shape index (κ1) is 34.4. The number of carbonyl (C=O) groups is 5. The van der Waals surface area contributed by atoms with E-state index in [1.165, 1.54) is 19.3 Å². The lowest BCUT2D eigenvalue weighted by atomic mass is 9.96. The van der Waals surface area contributed by atoms with E-state index in [0.29, 0.717) is 5.52 Å². The van der Waals surface area contributed by atoms with Crippen LogP contribution in [0.15, 0.2) is 30.6 Å². The van der Waals surface area contributed by atoms with E-state index in [1.807, 2.05) is 24.3 Å². The van der Waals surface area contributed by atoms with E-state index in [1.54, 1.807) is 13.4 Å². The first-order chi connectivity index (χ1) is 19.3. The Kier molecular flexibility index (Phi) is 13.8. The molecule has 0 saturated heterocycles. The number of fused-ring (bicyclic) bond motifs is 3. The van der Waals surface area contributed by atoms with Crippen LogP contribution < -0.4 is 11.1 Å². The van der Waals surface area contributed by atoms with Crippen LogP contribution in [0, 0.1) is 0 Å². The Morgan fingerprint density at radius 3 is 2.02 bits per heavy atom. The Labute approximate surface area is 234 Å². The molecule has 15 heteroatoms. The Morgan fingerprint density at radius 2 is 1.56 bits per heavy atom. The molecular weight excluding hydrogens is 542 g/mol. The molecule has 0 fully saturated rings. The van der Waals surface area contributed by atoms with Gasteiger partial charge in [0, 0.05) is 11.9 Å². The zero-order valence-electron chi connectivity index (χ0n) is 22.7. The van der Waals surface area contributed by atoms with Gasteiger partial charge in [-0.2, -0.15) is 0 Å². The minimum atomic E-state index is -2.74. The predicted molar refractivity (Wildman–Crippen MR) is 146 cm³/mol. The van der Waals surface area contributed by atoms with Crippen molar-refractivity contribution in [2.45, 2.75) is 57.6 Å². The number of pyridine rings is 1. The number of hydrogen-bond acceptors (Lipinski definition) is 9. The van der Waals surface area contributed by atoms with Gasteiger partial charge in [0.15, 0.2) is 11.3 Å². The normalized spacial score (nSPS) is 10.7. The predicted octanol–water partition coefficient (Wildman–Crippen LogP) is 1.31. The van der Waals surface area contributed by atoms with E-state index < -0.39 is 48.2 Å². The number of nitrogens with one attached hydrogen (secondary N) is 1. The van der Waals surface area contributed by atoms with Gasteiger partial charge in [0.2, 0.25) is 0 Å². The molecule has 0 aliphatic rings. The number of aliphatic hydroxyl groups is 1. The minimum Gasteiger partial charge on any atom is -0.481 e. The molecule has 0 aliphatic heterocycles. The number of aryl methyl sites for hydroxylation is 1. The number of rotatable bonds is 13. The Hall–Kier alpha value is -4.63. The summed E-state index contributed by atoms with van der Waals surface area (Å²) in [4.78, 5) is 60.5. The van der Waals surface area contributed by atoms with Crippen molar-refractivity contribution in [3.05, 3.63) is 36.3 Å². The van der Waals surface area contributed by atoms with Crippen molar-refractivity contribution in [1.29, 1.82) is 0 Å². The van der Waals surface area contributed by atoms with E-state index in [9.17, 15) is 24.0 Å². The number of para-hydroxylation sites is 1. The highest BCUT2D eigenvalue weighted by molar-refractivity contribution is 6.11. The number of aliphatic carboxylic acids is 4. The van der Waals surface area contributed by atoms with Crippen LogP contribution in [-0.4, -0.2) is 89.0 Å². The van der Waals surface area contributed by atoms with Crippen LogP contribution in [0.4, 0.5) is 0 Å². The van der Waals surface area contributed by atoms with Gasteiger partial charge in [-0.05, 0) is 19.5 Å². The average molecular weight is 578 g/mol. The first-order valence-electron chi connectivity index (χ1n) is 12.6. The van der Waals surface area contributed by atoms with E-state index in [0.717, 1.165) is 29.4 Å². The summed E-state index contributed by atoms with van der Waals surface area (Å²) < 4.78 is 2.11. The summed E-state index contributed by atoms with van der Waals surface area (Å²) in [6.07, 6.45) is 4.25. The molecule has 1 aromatic carbocycles. The van der Waals surface area contributed by atoms with E-state index >= 15 is 0 Å². The number of nitrogens with zero attached hydrogens (tertiary/aromatic N) is 3. The van der Waals surface area contributed by atoms with Crippen molar-refractivity contribution in [3.8, 4) is 0 Å². The monoisotopic (exact) mass is 577 g/mol. The minimum absolute atomic E-state index is 0.0417. The number of carboxylic acid groups (broad SMARTS) is 4. The van der Waals surface area contributed by atoms with Gasteiger partial charge in [-0.25, -0.2) is 14.8 Å². The maximum absolute atomic E-state index is 11.7. The van der Waals surface area contributed by atoms with Gasteiger partial charge in [0.1, 0.15) is 5.52 Å². The molecule has 0 aliphatic carbocycles. The Bertz CT molecular complexity index is 1360. The second kappa shape index (κ2) is 16.5. The van der Waals surface area contributed by atoms with Crippen LogP contribution in [0.2, 0.25) is 0 Å². The number of aromatic nitrogens is 3. The topological polar surface area (TPSA) is 255 Å².